The molecule has 3 aromatic carbocycles. The minimum Gasteiger partial charge on any atom is -0.357 e. The standard InChI is InChI=1S/C26H27BrFN3O4S/c1-18-7-13-24(14-8-18)36(34,35)31(23-6-4-5-21(27)15-23)17-25(32)30(19(2)26(33)29-3)16-20-9-11-22(28)12-10-20/h4-15,19H,16-17H2,1-3H3,(H,29,33)/t19-/m0/s1. The minimum atomic E-state index is -4.13. The Morgan fingerprint density at radius 2 is 1.67 bits per heavy atom. The first-order chi connectivity index (χ1) is 17.0. The largest absolute Gasteiger partial charge is 0.357 e. The average molecular weight is 576 g/mol. The number of rotatable bonds is 9. The molecule has 10 heteroatoms. The number of carbonyl (C=O) groups excluding carboxylic acids is 2. The van der Waals surface area contributed by atoms with E-state index in [1.165, 1.54) is 48.3 Å². The lowest BCUT2D eigenvalue weighted by molar-refractivity contribution is -0.139. The van der Waals surface area contributed by atoms with Crippen LogP contribution in [0.2, 0.25) is 0 Å². The molecule has 190 valence electrons. The normalized spacial score (nSPS) is 12.0. The fourth-order valence-electron chi connectivity index (χ4n) is 3.58. The molecule has 0 bridgehead atoms. The van der Waals surface area contributed by atoms with E-state index in [4.69, 9.17) is 0 Å². The Labute approximate surface area is 219 Å². The van der Waals surface area contributed by atoms with Crippen molar-refractivity contribution in [1.29, 1.82) is 0 Å². The van der Waals surface area contributed by atoms with Crippen LogP contribution in [0.1, 0.15) is 18.1 Å². The number of likely N-dealkylation sites (N-methyl/N-ethyl adjacent to an activating group) is 1. The van der Waals surface area contributed by atoms with Gasteiger partial charge in [0.15, 0.2) is 0 Å². The molecule has 0 aliphatic heterocycles. The highest BCUT2D eigenvalue weighted by atomic mass is 79.9. The number of carbonyl (C=O) groups is 2. The van der Waals surface area contributed by atoms with E-state index < -0.39 is 40.2 Å². The summed E-state index contributed by atoms with van der Waals surface area (Å²) in [5.41, 5.74) is 1.77. The lowest BCUT2D eigenvalue weighted by atomic mass is 10.1. The quantitative estimate of drug-likeness (QED) is 0.413. The van der Waals surface area contributed by atoms with E-state index in [0.29, 0.717) is 10.0 Å². The topological polar surface area (TPSA) is 86.8 Å². The van der Waals surface area contributed by atoms with Crippen molar-refractivity contribution < 1.29 is 22.4 Å². The van der Waals surface area contributed by atoms with Crippen LogP contribution in [0.25, 0.3) is 0 Å². The van der Waals surface area contributed by atoms with Crippen molar-refractivity contribution >= 4 is 43.5 Å². The molecule has 3 aromatic rings. The molecule has 0 saturated carbocycles. The van der Waals surface area contributed by atoms with Crippen LogP contribution in [0, 0.1) is 12.7 Å². The lowest BCUT2D eigenvalue weighted by Gasteiger charge is -2.31. The van der Waals surface area contributed by atoms with Crippen LogP contribution in [0.5, 0.6) is 0 Å². The number of aryl methyl sites for hydroxylation is 1. The van der Waals surface area contributed by atoms with Crippen LogP contribution in [0.3, 0.4) is 0 Å². The predicted molar refractivity (Wildman–Crippen MR) is 140 cm³/mol. The van der Waals surface area contributed by atoms with Gasteiger partial charge in [-0.05, 0) is 61.9 Å². The molecular formula is C26H27BrFN3O4S. The van der Waals surface area contributed by atoms with Crippen LogP contribution >= 0.6 is 15.9 Å². The minimum absolute atomic E-state index is 0.00932. The molecule has 0 radical (unpaired) electrons. The zero-order valence-electron chi connectivity index (χ0n) is 20.1. The summed E-state index contributed by atoms with van der Waals surface area (Å²) in [5, 5.41) is 2.52. The molecule has 36 heavy (non-hydrogen) atoms. The van der Waals surface area contributed by atoms with E-state index >= 15 is 0 Å². The van der Waals surface area contributed by atoms with Crippen LogP contribution in [0.15, 0.2) is 82.2 Å². The van der Waals surface area contributed by atoms with Gasteiger partial charge in [-0.3, -0.25) is 13.9 Å². The number of hydrogen-bond acceptors (Lipinski definition) is 4. The fraction of sp³-hybridized carbons (Fsp3) is 0.231. The van der Waals surface area contributed by atoms with E-state index in [1.807, 2.05) is 6.92 Å². The summed E-state index contributed by atoms with van der Waals surface area (Å²) >= 11 is 3.36. The maximum absolute atomic E-state index is 13.7. The first-order valence-corrected chi connectivity index (χ1v) is 13.4. The van der Waals surface area contributed by atoms with Gasteiger partial charge in [0.05, 0.1) is 10.6 Å². The van der Waals surface area contributed by atoms with Crippen molar-refractivity contribution in [2.24, 2.45) is 0 Å². The fourth-order valence-corrected chi connectivity index (χ4v) is 5.37. The monoisotopic (exact) mass is 575 g/mol. The van der Waals surface area contributed by atoms with Crippen LogP contribution in [0.4, 0.5) is 10.1 Å². The molecule has 0 heterocycles. The third-order valence-corrected chi connectivity index (χ3v) is 7.95. The Hall–Kier alpha value is -3.24. The number of benzene rings is 3. The average Bonchev–Trinajstić information content (AvgIpc) is 2.86. The Morgan fingerprint density at radius 3 is 2.25 bits per heavy atom. The van der Waals surface area contributed by atoms with E-state index in [-0.39, 0.29) is 17.1 Å². The summed E-state index contributed by atoms with van der Waals surface area (Å²) in [7, 11) is -2.68. The predicted octanol–water partition coefficient (Wildman–Crippen LogP) is 4.26. The molecule has 2 amide bonds. The third kappa shape index (κ3) is 6.50. The van der Waals surface area contributed by atoms with Crippen LogP contribution in [-0.4, -0.2) is 44.8 Å². The van der Waals surface area contributed by atoms with Gasteiger partial charge >= 0.3 is 0 Å². The van der Waals surface area contributed by atoms with Gasteiger partial charge in [0.2, 0.25) is 11.8 Å². The molecule has 3 rings (SSSR count). The van der Waals surface area contributed by atoms with E-state index in [1.54, 1.807) is 43.3 Å². The molecule has 0 aromatic heterocycles. The maximum atomic E-state index is 13.7. The van der Waals surface area contributed by atoms with Crippen molar-refractivity contribution in [1.82, 2.24) is 10.2 Å². The van der Waals surface area contributed by atoms with E-state index in [0.717, 1.165) is 9.87 Å². The van der Waals surface area contributed by atoms with Gasteiger partial charge in [-0.15, -0.1) is 0 Å². The SMILES string of the molecule is CNC(=O)[C@H](C)N(Cc1ccc(F)cc1)C(=O)CN(c1cccc(Br)c1)S(=O)(=O)c1ccc(C)cc1. The summed E-state index contributed by atoms with van der Waals surface area (Å²) in [4.78, 5) is 27.4. The number of nitrogens with one attached hydrogen (secondary N) is 1. The number of amides is 2. The third-order valence-electron chi connectivity index (χ3n) is 5.66. The van der Waals surface area contributed by atoms with Gasteiger partial charge < -0.3 is 10.2 Å². The van der Waals surface area contributed by atoms with Crippen LogP contribution in [-0.2, 0) is 26.2 Å². The zero-order chi connectivity index (χ0) is 26.5. The summed E-state index contributed by atoms with van der Waals surface area (Å²) in [6, 6.07) is 17.6. The van der Waals surface area contributed by atoms with Crippen molar-refractivity contribution in [2.75, 3.05) is 17.9 Å². The molecule has 1 atom stereocenters. The molecule has 0 spiro atoms. The molecule has 0 aliphatic rings. The highest BCUT2D eigenvalue weighted by molar-refractivity contribution is 9.10. The molecule has 0 fully saturated rings. The van der Waals surface area contributed by atoms with Gasteiger partial charge in [-0.25, -0.2) is 12.8 Å². The smallest absolute Gasteiger partial charge is 0.264 e. The van der Waals surface area contributed by atoms with E-state index in [9.17, 15) is 22.4 Å². The Bertz CT molecular complexity index is 1330. The molecular weight excluding hydrogens is 549 g/mol. The van der Waals surface area contributed by atoms with Gasteiger partial charge in [0.25, 0.3) is 10.0 Å². The summed E-state index contributed by atoms with van der Waals surface area (Å²) < 4.78 is 42.5. The molecule has 1 N–H and O–H groups in total. The summed E-state index contributed by atoms with van der Waals surface area (Å²) in [6.45, 7) is 2.84. The zero-order valence-corrected chi connectivity index (χ0v) is 22.5. The first-order valence-electron chi connectivity index (χ1n) is 11.1. The molecule has 7 nitrogen and oxygen atoms in total. The van der Waals surface area contributed by atoms with Crippen molar-refractivity contribution in [3.63, 3.8) is 0 Å². The van der Waals surface area contributed by atoms with Crippen molar-refractivity contribution in [3.05, 3.63) is 94.2 Å². The first kappa shape index (κ1) is 27.3. The highest BCUT2D eigenvalue weighted by Gasteiger charge is 2.32. The Kier molecular flexibility index (Phi) is 8.86. The van der Waals surface area contributed by atoms with Crippen molar-refractivity contribution in [2.45, 2.75) is 31.3 Å². The second-order valence-electron chi connectivity index (χ2n) is 8.24. The van der Waals surface area contributed by atoms with E-state index in [2.05, 4.69) is 21.2 Å². The second-order valence-corrected chi connectivity index (χ2v) is 11.0. The Morgan fingerprint density at radius 1 is 1.03 bits per heavy atom. The number of hydrogen-bond donors (Lipinski definition) is 1. The summed E-state index contributed by atoms with van der Waals surface area (Å²) in [5.74, 6) is -1.44. The number of anilines is 1. The second kappa shape index (κ2) is 11.7. The van der Waals surface area contributed by atoms with Gasteiger partial charge in [-0.1, -0.05) is 51.8 Å². The molecule has 0 unspecified atom stereocenters. The van der Waals surface area contributed by atoms with Gasteiger partial charge in [-0.2, -0.15) is 0 Å². The maximum Gasteiger partial charge on any atom is 0.264 e. The molecule has 0 saturated heterocycles. The Balaban J connectivity index is 2.02. The van der Waals surface area contributed by atoms with Crippen molar-refractivity contribution in [3.8, 4) is 0 Å². The van der Waals surface area contributed by atoms with Crippen LogP contribution < -0.4 is 9.62 Å². The summed E-state index contributed by atoms with van der Waals surface area (Å²) in [6.07, 6.45) is 0. The van der Waals surface area contributed by atoms with Gasteiger partial charge in [0.1, 0.15) is 18.4 Å². The lowest BCUT2D eigenvalue weighted by Crippen LogP contribution is -2.50. The molecule has 0 aliphatic carbocycles. The highest BCUT2D eigenvalue weighted by Crippen LogP contribution is 2.27. The van der Waals surface area contributed by atoms with Gasteiger partial charge in [0, 0.05) is 18.1 Å². The number of sulfonamides is 1. The number of halogens is 2. The number of nitrogens with zero attached hydrogens (tertiary/aromatic N) is 2.